The van der Waals surface area contributed by atoms with E-state index in [1.54, 1.807) is 12.5 Å². The van der Waals surface area contributed by atoms with E-state index in [-0.39, 0.29) is 12.0 Å². The summed E-state index contributed by atoms with van der Waals surface area (Å²) in [5.74, 6) is 0. The van der Waals surface area contributed by atoms with Crippen LogP contribution in [-0.2, 0) is 6.42 Å². The molecule has 2 nitrogen and oxygen atoms in total. The van der Waals surface area contributed by atoms with Gasteiger partial charge in [0.1, 0.15) is 0 Å². The number of furan rings is 1. The quantitative estimate of drug-likeness (QED) is 0.720. The molecule has 1 rings (SSSR count). The highest BCUT2D eigenvalue weighted by Crippen LogP contribution is 2.20. The molecular weight excluding hydrogens is 140 g/mol. The topological polar surface area (TPSA) is 33.4 Å². The molecular formula is C9H14O2. The summed E-state index contributed by atoms with van der Waals surface area (Å²) in [5.41, 5.74) is 1.10. The molecule has 0 aliphatic carbocycles. The van der Waals surface area contributed by atoms with Crippen LogP contribution in [0.25, 0.3) is 0 Å². The molecule has 0 radical (unpaired) electrons. The zero-order chi connectivity index (χ0) is 8.32. The van der Waals surface area contributed by atoms with E-state index in [1.807, 2.05) is 19.9 Å². The third kappa shape index (κ3) is 2.39. The van der Waals surface area contributed by atoms with Crippen molar-refractivity contribution in [1.29, 1.82) is 0 Å². The van der Waals surface area contributed by atoms with Crippen molar-refractivity contribution in [2.75, 3.05) is 6.61 Å². The molecule has 0 saturated carbocycles. The van der Waals surface area contributed by atoms with Gasteiger partial charge in [0.05, 0.1) is 12.5 Å². The molecule has 62 valence electrons. The predicted octanol–water partition coefficient (Wildman–Crippen LogP) is 1.84. The highest BCUT2D eigenvalue weighted by atomic mass is 16.3. The third-order valence-electron chi connectivity index (χ3n) is 1.69. The summed E-state index contributed by atoms with van der Waals surface area (Å²) in [6, 6.07) is 1.93. The van der Waals surface area contributed by atoms with E-state index >= 15 is 0 Å². The summed E-state index contributed by atoms with van der Waals surface area (Å²) >= 11 is 0. The van der Waals surface area contributed by atoms with Crippen LogP contribution in [-0.4, -0.2) is 11.7 Å². The molecule has 0 aliphatic rings. The van der Waals surface area contributed by atoms with Crippen LogP contribution in [0.15, 0.2) is 23.0 Å². The van der Waals surface area contributed by atoms with Gasteiger partial charge in [-0.15, -0.1) is 0 Å². The van der Waals surface area contributed by atoms with Gasteiger partial charge in [-0.1, -0.05) is 13.8 Å². The molecule has 0 unspecified atom stereocenters. The second-order valence-electron chi connectivity index (χ2n) is 3.63. The van der Waals surface area contributed by atoms with Crippen LogP contribution in [0.4, 0.5) is 0 Å². The van der Waals surface area contributed by atoms with E-state index in [0.717, 1.165) is 12.0 Å². The molecule has 0 aliphatic heterocycles. The van der Waals surface area contributed by atoms with Crippen LogP contribution in [0, 0.1) is 5.41 Å². The lowest BCUT2D eigenvalue weighted by molar-refractivity contribution is 0.159. The molecule has 0 aromatic carbocycles. The summed E-state index contributed by atoms with van der Waals surface area (Å²) < 4.78 is 4.92. The van der Waals surface area contributed by atoms with Crippen LogP contribution in [0.1, 0.15) is 19.4 Å². The lowest BCUT2D eigenvalue weighted by atomic mass is 9.88. The fourth-order valence-corrected chi connectivity index (χ4v) is 1.00. The molecule has 0 spiro atoms. The number of aliphatic hydroxyl groups is 1. The van der Waals surface area contributed by atoms with Crippen LogP contribution in [0.5, 0.6) is 0 Å². The number of hydrogen-bond donors (Lipinski definition) is 1. The number of aliphatic hydroxyl groups excluding tert-OH is 1. The summed E-state index contributed by atoms with van der Waals surface area (Å²) in [5, 5.41) is 8.96. The van der Waals surface area contributed by atoms with Gasteiger partial charge in [0, 0.05) is 6.61 Å². The first-order valence-electron chi connectivity index (χ1n) is 3.76. The Morgan fingerprint density at radius 2 is 2.27 bits per heavy atom. The Morgan fingerprint density at radius 3 is 2.73 bits per heavy atom. The molecule has 0 fully saturated rings. The van der Waals surface area contributed by atoms with Gasteiger partial charge in [0.25, 0.3) is 0 Å². The highest BCUT2D eigenvalue weighted by molar-refractivity contribution is 5.07. The van der Waals surface area contributed by atoms with Crippen molar-refractivity contribution in [2.24, 2.45) is 5.41 Å². The van der Waals surface area contributed by atoms with E-state index in [1.165, 1.54) is 0 Å². The van der Waals surface area contributed by atoms with E-state index in [9.17, 15) is 0 Å². The Morgan fingerprint density at radius 1 is 1.55 bits per heavy atom. The van der Waals surface area contributed by atoms with E-state index < -0.39 is 0 Å². The Labute approximate surface area is 66.8 Å². The first kappa shape index (κ1) is 8.34. The highest BCUT2D eigenvalue weighted by Gasteiger charge is 2.17. The van der Waals surface area contributed by atoms with Gasteiger partial charge < -0.3 is 9.52 Å². The molecule has 11 heavy (non-hydrogen) atoms. The van der Waals surface area contributed by atoms with E-state index in [4.69, 9.17) is 9.52 Å². The zero-order valence-electron chi connectivity index (χ0n) is 7.00. The van der Waals surface area contributed by atoms with Gasteiger partial charge in [0.2, 0.25) is 0 Å². The molecule has 1 aromatic heterocycles. The van der Waals surface area contributed by atoms with Gasteiger partial charge in [0.15, 0.2) is 0 Å². The number of hydrogen-bond acceptors (Lipinski definition) is 2. The monoisotopic (exact) mass is 154 g/mol. The SMILES string of the molecule is CC(C)(CO)Cc1ccoc1. The van der Waals surface area contributed by atoms with E-state index in [2.05, 4.69) is 0 Å². The van der Waals surface area contributed by atoms with Gasteiger partial charge in [-0.25, -0.2) is 0 Å². The number of rotatable bonds is 3. The van der Waals surface area contributed by atoms with E-state index in [0.29, 0.717) is 0 Å². The van der Waals surface area contributed by atoms with Gasteiger partial charge in [-0.2, -0.15) is 0 Å². The largest absolute Gasteiger partial charge is 0.472 e. The van der Waals surface area contributed by atoms with Crippen LogP contribution >= 0.6 is 0 Å². The summed E-state index contributed by atoms with van der Waals surface area (Å²) in [6.45, 7) is 4.26. The van der Waals surface area contributed by atoms with Crippen molar-refractivity contribution >= 4 is 0 Å². The second kappa shape index (κ2) is 3.09. The minimum absolute atomic E-state index is 0.0378. The molecule has 0 bridgehead atoms. The van der Waals surface area contributed by atoms with Crippen molar-refractivity contribution in [3.63, 3.8) is 0 Å². The standard InChI is InChI=1S/C9H14O2/c1-9(2,7-10)5-8-3-4-11-6-8/h3-4,6,10H,5,7H2,1-2H3. The minimum Gasteiger partial charge on any atom is -0.472 e. The van der Waals surface area contributed by atoms with Crippen molar-refractivity contribution in [1.82, 2.24) is 0 Å². The first-order chi connectivity index (χ1) is 5.14. The molecule has 1 heterocycles. The van der Waals surface area contributed by atoms with Crippen LogP contribution in [0.2, 0.25) is 0 Å². The van der Waals surface area contributed by atoms with Crippen molar-refractivity contribution in [3.05, 3.63) is 24.2 Å². The Balaban J connectivity index is 2.56. The Bertz CT molecular complexity index is 199. The summed E-state index contributed by atoms with van der Waals surface area (Å²) in [7, 11) is 0. The maximum absolute atomic E-state index is 8.96. The molecule has 0 amide bonds. The smallest absolute Gasteiger partial charge is 0.0934 e. The maximum Gasteiger partial charge on any atom is 0.0934 e. The minimum atomic E-state index is -0.0378. The first-order valence-corrected chi connectivity index (χ1v) is 3.76. The van der Waals surface area contributed by atoms with Crippen molar-refractivity contribution in [3.8, 4) is 0 Å². The maximum atomic E-state index is 8.96. The average molecular weight is 154 g/mol. The molecule has 0 atom stereocenters. The average Bonchev–Trinajstić information content (AvgIpc) is 2.39. The second-order valence-corrected chi connectivity index (χ2v) is 3.63. The lowest BCUT2D eigenvalue weighted by Gasteiger charge is -2.19. The molecule has 1 aromatic rings. The Kier molecular flexibility index (Phi) is 2.35. The third-order valence-corrected chi connectivity index (χ3v) is 1.69. The van der Waals surface area contributed by atoms with Crippen molar-refractivity contribution in [2.45, 2.75) is 20.3 Å². The van der Waals surface area contributed by atoms with Gasteiger partial charge in [-0.05, 0) is 23.5 Å². The zero-order valence-corrected chi connectivity index (χ0v) is 7.00. The van der Waals surface area contributed by atoms with Crippen molar-refractivity contribution < 1.29 is 9.52 Å². The summed E-state index contributed by atoms with van der Waals surface area (Å²) in [4.78, 5) is 0. The van der Waals surface area contributed by atoms with Gasteiger partial charge >= 0.3 is 0 Å². The van der Waals surface area contributed by atoms with Crippen LogP contribution < -0.4 is 0 Å². The van der Waals surface area contributed by atoms with Gasteiger partial charge in [-0.3, -0.25) is 0 Å². The van der Waals surface area contributed by atoms with Crippen LogP contribution in [0.3, 0.4) is 0 Å². The predicted molar refractivity (Wildman–Crippen MR) is 43.3 cm³/mol. The normalized spacial score (nSPS) is 11.9. The fourth-order valence-electron chi connectivity index (χ4n) is 1.00. The molecule has 0 saturated heterocycles. The molecule has 2 heteroatoms. The Hall–Kier alpha value is -0.760. The fraction of sp³-hybridized carbons (Fsp3) is 0.556. The molecule has 1 N–H and O–H groups in total. The lowest BCUT2D eigenvalue weighted by Crippen LogP contribution is -2.19. The summed E-state index contributed by atoms with van der Waals surface area (Å²) in [6.07, 6.45) is 4.24.